The number of halogens is 3. The van der Waals surface area contributed by atoms with E-state index < -0.39 is 18.4 Å². The van der Waals surface area contributed by atoms with Crippen molar-refractivity contribution in [1.29, 1.82) is 0 Å². The molecule has 4 nitrogen and oxygen atoms in total. The summed E-state index contributed by atoms with van der Waals surface area (Å²) < 4.78 is 25.2. The van der Waals surface area contributed by atoms with E-state index in [1.807, 2.05) is 0 Å². The summed E-state index contributed by atoms with van der Waals surface area (Å²) in [7, 11) is 0. The van der Waals surface area contributed by atoms with Gasteiger partial charge in [0.1, 0.15) is 23.3 Å². The van der Waals surface area contributed by atoms with E-state index in [-0.39, 0.29) is 23.3 Å². The standard InChI is InChI=1S/C6H7FN2.C5H4BrFN2.4CH3.Sn/c1-4-3-9-6(8)2-5(4)7;6-3-2-9-5(8)1-4(3)7;;;;;/h2-3H,1H3,(H2,8,9);1-2H,(H2,8,9);4*1H3;. The van der Waals surface area contributed by atoms with Gasteiger partial charge >= 0.3 is 38.1 Å². The summed E-state index contributed by atoms with van der Waals surface area (Å²) in [6.07, 6.45) is 2.73. The molecule has 0 atom stereocenters. The summed E-state index contributed by atoms with van der Waals surface area (Å²) in [6.45, 7) is 1.64. The molecule has 2 heterocycles. The fourth-order valence-electron chi connectivity index (χ4n) is 0.943. The summed E-state index contributed by atoms with van der Waals surface area (Å²) in [5.74, 6) is -0.279. The number of hydrogen-bond acceptors (Lipinski definition) is 4. The molecule has 0 unspecified atom stereocenters. The van der Waals surface area contributed by atoms with Gasteiger partial charge in [0, 0.05) is 30.1 Å². The van der Waals surface area contributed by atoms with E-state index in [1.54, 1.807) is 6.92 Å². The quantitative estimate of drug-likeness (QED) is 0.522. The predicted molar refractivity (Wildman–Crippen MR) is 98.9 cm³/mol. The van der Waals surface area contributed by atoms with Crippen LogP contribution in [0.5, 0.6) is 0 Å². The van der Waals surface area contributed by atoms with Crippen molar-refractivity contribution in [3.8, 4) is 0 Å². The van der Waals surface area contributed by atoms with Crippen molar-refractivity contribution in [2.45, 2.75) is 26.7 Å². The van der Waals surface area contributed by atoms with Crippen LogP contribution in [0.1, 0.15) is 5.56 Å². The fraction of sp³-hybridized carbons (Fsp3) is 0.333. The second kappa shape index (κ2) is 10.0. The van der Waals surface area contributed by atoms with Crippen LogP contribution in [0.15, 0.2) is 29.0 Å². The first-order valence-corrected chi connectivity index (χ1v) is 19.0. The van der Waals surface area contributed by atoms with Crippen molar-refractivity contribution >= 4 is 45.9 Å². The Hall–Kier alpha value is -0.961. The van der Waals surface area contributed by atoms with Crippen molar-refractivity contribution in [3.63, 3.8) is 0 Å². The Labute approximate surface area is 148 Å². The van der Waals surface area contributed by atoms with Crippen LogP contribution in [0.2, 0.25) is 19.8 Å². The van der Waals surface area contributed by atoms with Crippen LogP contribution in [-0.4, -0.2) is 28.3 Å². The van der Waals surface area contributed by atoms with Gasteiger partial charge in [-0.25, -0.2) is 18.7 Å². The fourth-order valence-corrected chi connectivity index (χ4v) is 1.16. The second-order valence-electron chi connectivity index (χ2n) is 6.38. The number of aryl methyl sites for hydroxylation is 1. The first kappa shape index (κ1) is 22.0. The molecule has 2 aromatic rings. The number of hydrogen-bond donors (Lipinski definition) is 2. The van der Waals surface area contributed by atoms with Crippen molar-refractivity contribution in [2.75, 3.05) is 11.5 Å². The Bertz CT molecular complexity index is 578. The number of nitrogens with two attached hydrogens (primary N) is 2. The van der Waals surface area contributed by atoms with Crippen LogP contribution in [0.25, 0.3) is 0 Å². The summed E-state index contributed by atoms with van der Waals surface area (Å²) in [6, 6.07) is 2.36. The number of aromatic nitrogens is 2. The summed E-state index contributed by atoms with van der Waals surface area (Å²) in [5.41, 5.74) is 10.8. The third kappa shape index (κ3) is 12.2. The molecule has 0 spiro atoms. The zero-order valence-electron chi connectivity index (χ0n) is 14.0. The molecule has 0 aliphatic heterocycles. The normalized spacial score (nSPS) is 10.1. The topological polar surface area (TPSA) is 77.8 Å². The zero-order valence-corrected chi connectivity index (χ0v) is 18.4. The molecule has 0 aliphatic carbocycles. The minimum absolute atomic E-state index is 0.190. The molecule has 8 heteroatoms. The Balaban J connectivity index is 0.000000332. The number of nitrogen functional groups attached to an aromatic ring is 2. The molecule has 2 rings (SSSR count). The summed E-state index contributed by atoms with van der Waals surface area (Å²) in [4.78, 5) is 16.9. The number of rotatable bonds is 0. The number of nitrogens with zero attached hydrogens (tertiary/aromatic N) is 2. The molecular weight excluding hydrogens is 473 g/mol. The van der Waals surface area contributed by atoms with Gasteiger partial charge in [0.2, 0.25) is 0 Å². The maximum absolute atomic E-state index is 12.5. The molecule has 0 aromatic carbocycles. The van der Waals surface area contributed by atoms with Crippen molar-refractivity contribution in [2.24, 2.45) is 0 Å². The Kier molecular flexibility index (Phi) is 9.60. The van der Waals surface area contributed by atoms with Crippen LogP contribution in [0, 0.1) is 18.6 Å². The third-order valence-corrected chi connectivity index (χ3v) is 2.47. The van der Waals surface area contributed by atoms with Crippen LogP contribution < -0.4 is 11.5 Å². The van der Waals surface area contributed by atoms with Crippen LogP contribution in [-0.2, 0) is 0 Å². The molecule has 2 aromatic heterocycles. The zero-order chi connectivity index (χ0) is 18.2. The van der Waals surface area contributed by atoms with Gasteiger partial charge in [0.15, 0.2) is 0 Å². The molecular formula is C15H23BrF2N4Sn. The first-order chi connectivity index (χ1) is 10.4. The molecule has 23 heavy (non-hydrogen) atoms. The minimum atomic E-state index is -1.18. The first-order valence-electron chi connectivity index (χ1n) is 6.84. The molecule has 0 bridgehead atoms. The summed E-state index contributed by atoms with van der Waals surface area (Å²) >= 11 is 1.76. The van der Waals surface area contributed by atoms with Crippen LogP contribution in [0.4, 0.5) is 20.4 Å². The van der Waals surface area contributed by atoms with E-state index >= 15 is 0 Å². The molecule has 0 amide bonds. The van der Waals surface area contributed by atoms with Gasteiger partial charge in [0.05, 0.1) is 4.47 Å². The molecule has 128 valence electrons. The average molecular weight is 496 g/mol. The van der Waals surface area contributed by atoms with E-state index in [4.69, 9.17) is 11.5 Å². The Morgan fingerprint density at radius 3 is 1.61 bits per heavy atom. The third-order valence-electron chi connectivity index (χ3n) is 1.89. The maximum atomic E-state index is 12.5. The molecule has 0 aliphatic rings. The molecule has 0 fully saturated rings. The van der Waals surface area contributed by atoms with Gasteiger partial charge in [-0.05, 0) is 22.9 Å². The van der Waals surface area contributed by atoms with Crippen LogP contribution >= 0.6 is 15.9 Å². The van der Waals surface area contributed by atoms with Gasteiger partial charge in [-0.2, -0.15) is 0 Å². The van der Waals surface area contributed by atoms with Gasteiger partial charge < -0.3 is 11.5 Å². The SMILES string of the molecule is Cc1cnc(N)cc1F.Nc1cc(F)c(Br)cn1.[CH3][Sn]([CH3])([CH3])[CH3]. The van der Waals surface area contributed by atoms with Gasteiger partial charge in [0.25, 0.3) is 0 Å². The number of pyridine rings is 2. The number of anilines is 2. The van der Waals surface area contributed by atoms with Crippen molar-refractivity contribution < 1.29 is 8.78 Å². The Morgan fingerprint density at radius 1 is 0.913 bits per heavy atom. The summed E-state index contributed by atoms with van der Waals surface area (Å²) in [5, 5.41) is 0. The predicted octanol–water partition coefficient (Wildman–Crippen LogP) is 4.63. The van der Waals surface area contributed by atoms with Gasteiger partial charge in [-0.1, -0.05) is 0 Å². The van der Waals surface area contributed by atoms with E-state index in [1.165, 1.54) is 18.5 Å². The van der Waals surface area contributed by atoms with E-state index in [0.29, 0.717) is 10.0 Å². The van der Waals surface area contributed by atoms with Crippen molar-refractivity contribution in [1.82, 2.24) is 9.97 Å². The van der Waals surface area contributed by atoms with E-state index in [9.17, 15) is 8.78 Å². The monoisotopic (exact) mass is 496 g/mol. The van der Waals surface area contributed by atoms with Gasteiger partial charge in [-0.3, -0.25) is 0 Å². The molecule has 4 N–H and O–H groups in total. The van der Waals surface area contributed by atoms with Crippen molar-refractivity contribution in [3.05, 3.63) is 46.2 Å². The molecule has 0 saturated heterocycles. The van der Waals surface area contributed by atoms with E-state index in [0.717, 1.165) is 6.07 Å². The van der Waals surface area contributed by atoms with Gasteiger partial charge in [-0.15, -0.1) is 0 Å². The second-order valence-corrected chi connectivity index (χ2v) is 24.4. The molecule has 0 radical (unpaired) electrons. The van der Waals surface area contributed by atoms with Crippen LogP contribution in [0.3, 0.4) is 0 Å². The Morgan fingerprint density at radius 2 is 1.30 bits per heavy atom. The molecule has 0 saturated carbocycles. The van der Waals surface area contributed by atoms with E-state index in [2.05, 4.69) is 45.7 Å². The average Bonchev–Trinajstić information content (AvgIpc) is 2.38.